The van der Waals surface area contributed by atoms with Gasteiger partial charge in [0.25, 0.3) is 10.1 Å². The van der Waals surface area contributed by atoms with Gasteiger partial charge in [-0.25, -0.2) is 8.78 Å². The highest BCUT2D eigenvalue weighted by molar-refractivity contribution is 7.86. The van der Waals surface area contributed by atoms with Crippen LogP contribution < -0.4 is 0 Å². The van der Waals surface area contributed by atoms with Gasteiger partial charge in [0.1, 0.15) is 0 Å². The van der Waals surface area contributed by atoms with E-state index in [-0.39, 0.29) is 17.7 Å². The first-order chi connectivity index (χ1) is 8.25. The van der Waals surface area contributed by atoms with Gasteiger partial charge in [-0.05, 0) is 24.5 Å². The highest BCUT2D eigenvalue weighted by atomic mass is 32.2. The van der Waals surface area contributed by atoms with Crippen molar-refractivity contribution in [3.63, 3.8) is 0 Å². The van der Waals surface area contributed by atoms with Crippen molar-refractivity contribution in [3.8, 4) is 0 Å². The summed E-state index contributed by atoms with van der Waals surface area (Å²) in [4.78, 5) is -0.00361. The lowest BCUT2D eigenvalue weighted by Gasteiger charge is -2.36. The van der Waals surface area contributed by atoms with Crippen LogP contribution in [0, 0.1) is 6.92 Å². The molecule has 3 nitrogen and oxygen atoms in total. The second kappa shape index (κ2) is 4.28. The molecule has 1 aliphatic rings. The first-order valence-corrected chi connectivity index (χ1v) is 6.95. The van der Waals surface area contributed by atoms with E-state index in [9.17, 15) is 17.2 Å². The van der Waals surface area contributed by atoms with Crippen LogP contribution in [0.2, 0.25) is 0 Å². The smallest absolute Gasteiger partial charge is 0.270 e. The monoisotopic (exact) mass is 276 g/mol. The van der Waals surface area contributed by atoms with Gasteiger partial charge in [-0.2, -0.15) is 8.42 Å². The number of alkyl halides is 2. The van der Waals surface area contributed by atoms with Crippen LogP contribution in [0.3, 0.4) is 0 Å². The third-order valence-electron chi connectivity index (χ3n) is 3.18. The van der Waals surface area contributed by atoms with Crippen molar-refractivity contribution in [2.45, 2.75) is 36.5 Å². The lowest BCUT2D eigenvalue weighted by atomic mass is 9.76. The second-order valence-corrected chi connectivity index (χ2v) is 6.30. The minimum Gasteiger partial charge on any atom is -0.270 e. The zero-order valence-corrected chi connectivity index (χ0v) is 10.9. The Morgan fingerprint density at radius 1 is 1.33 bits per heavy atom. The standard InChI is InChI=1S/C12H14F2O3S/c1-8-3-4-11(18(15,16)17-2)10(5-8)9-6-12(13,14)7-9/h3-5,9H,6-7H2,1-2H3. The van der Waals surface area contributed by atoms with Crippen molar-refractivity contribution in [1.29, 1.82) is 0 Å². The zero-order chi connectivity index (χ0) is 13.6. The number of aryl methyl sites for hydroxylation is 1. The highest BCUT2D eigenvalue weighted by Gasteiger charge is 2.47. The van der Waals surface area contributed by atoms with Gasteiger partial charge in [0.2, 0.25) is 5.92 Å². The highest BCUT2D eigenvalue weighted by Crippen LogP contribution is 2.49. The summed E-state index contributed by atoms with van der Waals surface area (Å²) in [5, 5.41) is 0. The number of rotatable bonds is 3. The first-order valence-electron chi connectivity index (χ1n) is 5.54. The molecule has 1 fully saturated rings. The van der Waals surface area contributed by atoms with Gasteiger partial charge in [0.05, 0.1) is 12.0 Å². The van der Waals surface area contributed by atoms with Gasteiger partial charge >= 0.3 is 0 Å². The van der Waals surface area contributed by atoms with Crippen molar-refractivity contribution in [2.24, 2.45) is 0 Å². The van der Waals surface area contributed by atoms with Crippen LogP contribution in [0.25, 0.3) is 0 Å². The van der Waals surface area contributed by atoms with Crippen molar-refractivity contribution >= 4 is 10.1 Å². The lowest BCUT2D eigenvalue weighted by molar-refractivity contribution is -0.0873. The van der Waals surface area contributed by atoms with Gasteiger partial charge < -0.3 is 0 Å². The van der Waals surface area contributed by atoms with E-state index in [0.717, 1.165) is 12.7 Å². The third-order valence-corrected chi connectivity index (χ3v) is 4.53. The van der Waals surface area contributed by atoms with Crippen LogP contribution in [-0.2, 0) is 14.3 Å². The second-order valence-electron chi connectivity index (χ2n) is 4.62. The normalized spacial score (nSPS) is 19.6. The lowest BCUT2D eigenvalue weighted by Crippen LogP contribution is -2.34. The summed E-state index contributed by atoms with van der Waals surface area (Å²) in [5.41, 5.74) is 1.28. The van der Waals surface area contributed by atoms with E-state index in [1.54, 1.807) is 19.1 Å². The van der Waals surface area contributed by atoms with E-state index < -0.39 is 22.0 Å². The van der Waals surface area contributed by atoms with Gasteiger partial charge in [-0.15, -0.1) is 0 Å². The van der Waals surface area contributed by atoms with Crippen molar-refractivity contribution in [1.82, 2.24) is 0 Å². The molecule has 0 bridgehead atoms. The molecular formula is C12H14F2O3S. The minimum atomic E-state index is -3.85. The van der Waals surface area contributed by atoms with Crippen LogP contribution in [0.1, 0.15) is 29.9 Å². The Balaban J connectivity index is 2.43. The van der Waals surface area contributed by atoms with E-state index in [2.05, 4.69) is 4.18 Å². The molecule has 1 saturated carbocycles. The Morgan fingerprint density at radius 3 is 2.44 bits per heavy atom. The third kappa shape index (κ3) is 2.40. The fourth-order valence-electron chi connectivity index (χ4n) is 2.19. The SMILES string of the molecule is COS(=O)(=O)c1ccc(C)cc1C1CC(F)(F)C1. The maximum Gasteiger partial charge on any atom is 0.296 e. The maximum atomic E-state index is 12.9. The Labute approximate surface area is 105 Å². The number of benzene rings is 1. The molecule has 100 valence electrons. The molecule has 2 rings (SSSR count). The summed E-state index contributed by atoms with van der Waals surface area (Å²) in [7, 11) is -2.79. The average molecular weight is 276 g/mol. The predicted octanol–water partition coefficient (Wildman–Crippen LogP) is 2.84. The molecule has 0 aromatic heterocycles. The molecule has 0 unspecified atom stereocenters. The number of hydrogen-bond acceptors (Lipinski definition) is 3. The van der Waals surface area contributed by atoms with Crippen molar-refractivity contribution < 1.29 is 21.4 Å². The fourth-order valence-corrected chi connectivity index (χ4v) is 3.11. The summed E-state index contributed by atoms with van der Waals surface area (Å²) < 4.78 is 53.7. The molecule has 0 saturated heterocycles. The van der Waals surface area contributed by atoms with Gasteiger partial charge in [-0.3, -0.25) is 4.18 Å². The Hall–Kier alpha value is -1.01. The van der Waals surface area contributed by atoms with Crippen LogP contribution in [-0.4, -0.2) is 21.5 Å². The van der Waals surface area contributed by atoms with E-state index in [1.165, 1.54) is 6.07 Å². The number of halogens is 2. The van der Waals surface area contributed by atoms with E-state index in [1.807, 2.05) is 0 Å². The van der Waals surface area contributed by atoms with Gasteiger partial charge in [-0.1, -0.05) is 17.7 Å². The summed E-state index contributed by atoms with van der Waals surface area (Å²) in [6, 6.07) is 4.69. The first kappa shape index (κ1) is 13.4. The van der Waals surface area contributed by atoms with E-state index in [0.29, 0.717) is 5.56 Å². The summed E-state index contributed by atoms with van der Waals surface area (Å²) in [6.07, 6.45) is -0.606. The molecule has 0 aliphatic heterocycles. The molecule has 0 amide bonds. The molecule has 0 N–H and O–H groups in total. The molecule has 1 aliphatic carbocycles. The molecule has 1 aromatic rings. The minimum absolute atomic E-state index is 0.00361. The Bertz CT molecular complexity index is 559. The zero-order valence-electron chi connectivity index (χ0n) is 10.1. The molecular weight excluding hydrogens is 262 g/mol. The van der Waals surface area contributed by atoms with Crippen LogP contribution >= 0.6 is 0 Å². The average Bonchev–Trinajstić information content (AvgIpc) is 2.25. The Kier molecular flexibility index (Phi) is 3.19. The summed E-state index contributed by atoms with van der Waals surface area (Å²) >= 11 is 0. The molecule has 0 spiro atoms. The largest absolute Gasteiger partial charge is 0.296 e. The molecule has 0 radical (unpaired) electrons. The van der Waals surface area contributed by atoms with Gasteiger partial charge in [0.15, 0.2) is 0 Å². The molecule has 1 aromatic carbocycles. The number of hydrogen-bond donors (Lipinski definition) is 0. The van der Waals surface area contributed by atoms with E-state index in [4.69, 9.17) is 0 Å². The topological polar surface area (TPSA) is 43.4 Å². The fraction of sp³-hybridized carbons (Fsp3) is 0.500. The van der Waals surface area contributed by atoms with Crippen LogP contribution in [0.4, 0.5) is 8.78 Å². The molecule has 0 heterocycles. The predicted molar refractivity (Wildman–Crippen MR) is 62.3 cm³/mol. The van der Waals surface area contributed by atoms with Crippen molar-refractivity contribution in [3.05, 3.63) is 29.3 Å². The maximum absolute atomic E-state index is 12.9. The quantitative estimate of drug-likeness (QED) is 0.797. The summed E-state index contributed by atoms with van der Waals surface area (Å²) in [6.45, 7) is 1.80. The van der Waals surface area contributed by atoms with Crippen molar-refractivity contribution in [2.75, 3.05) is 7.11 Å². The Morgan fingerprint density at radius 2 is 1.94 bits per heavy atom. The summed E-state index contributed by atoms with van der Waals surface area (Å²) in [5.74, 6) is -3.09. The molecule has 0 atom stereocenters. The van der Waals surface area contributed by atoms with Crippen LogP contribution in [0.15, 0.2) is 23.1 Å². The molecule has 18 heavy (non-hydrogen) atoms. The van der Waals surface area contributed by atoms with Crippen LogP contribution in [0.5, 0.6) is 0 Å². The van der Waals surface area contributed by atoms with E-state index >= 15 is 0 Å². The van der Waals surface area contributed by atoms with Gasteiger partial charge in [0, 0.05) is 12.8 Å². The molecule has 6 heteroatoms.